The maximum absolute atomic E-state index is 5.55. The number of hydrogen-bond donors (Lipinski definition) is 2. The van der Waals surface area contributed by atoms with Gasteiger partial charge in [-0.3, -0.25) is 4.90 Å². The highest BCUT2D eigenvalue weighted by Crippen LogP contribution is 2.07. The first kappa shape index (κ1) is 10.4. The molecule has 1 fully saturated rings. The van der Waals surface area contributed by atoms with Crippen molar-refractivity contribution in [1.82, 2.24) is 15.2 Å². The van der Waals surface area contributed by atoms with Gasteiger partial charge in [-0.15, -0.1) is 0 Å². The summed E-state index contributed by atoms with van der Waals surface area (Å²) in [5.74, 6) is 0.590. The molecule has 2 rings (SSSR count). The highest BCUT2D eigenvalue weighted by atomic mass is 15.2. The van der Waals surface area contributed by atoms with Gasteiger partial charge in [0.05, 0.1) is 0 Å². The van der Waals surface area contributed by atoms with E-state index in [0.717, 1.165) is 26.2 Å². The van der Waals surface area contributed by atoms with Crippen molar-refractivity contribution >= 4 is 5.82 Å². The standard InChI is InChI=1S/C11H18N4/c1-9-7-15(5-4-13-9)8-10-2-3-11(12)14-6-10/h2-3,6,9,13H,4-5,7-8H2,1H3,(H2,12,14)/t9-/m0/s1. The monoisotopic (exact) mass is 206 g/mol. The van der Waals surface area contributed by atoms with Gasteiger partial charge in [-0.05, 0) is 18.6 Å². The first-order chi connectivity index (χ1) is 7.24. The molecule has 1 aliphatic heterocycles. The van der Waals surface area contributed by atoms with E-state index >= 15 is 0 Å². The maximum Gasteiger partial charge on any atom is 0.123 e. The number of piperazine rings is 1. The Hall–Kier alpha value is -1.13. The molecule has 15 heavy (non-hydrogen) atoms. The zero-order valence-electron chi connectivity index (χ0n) is 9.11. The minimum atomic E-state index is 0.584. The van der Waals surface area contributed by atoms with Crippen LogP contribution in [0.1, 0.15) is 12.5 Å². The topological polar surface area (TPSA) is 54.2 Å². The van der Waals surface area contributed by atoms with Gasteiger partial charge in [-0.25, -0.2) is 4.98 Å². The molecule has 0 bridgehead atoms. The zero-order chi connectivity index (χ0) is 10.7. The molecule has 1 aromatic heterocycles. The molecule has 1 aromatic rings. The molecule has 0 amide bonds. The van der Waals surface area contributed by atoms with Crippen molar-refractivity contribution in [1.29, 1.82) is 0 Å². The summed E-state index contributed by atoms with van der Waals surface area (Å²) in [5, 5.41) is 3.43. The Morgan fingerprint density at radius 2 is 2.47 bits per heavy atom. The van der Waals surface area contributed by atoms with Gasteiger partial charge in [0, 0.05) is 38.4 Å². The van der Waals surface area contributed by atoms with Crippen LogP contribution in [-0.2, 0) is 6.54 Å². The lowest BCUT2D eigenvalue weighted by atomic mass is 10.2. The van der Waals surface area contributed by atoms with Crippen LogP contribution in [0.25, 0.3) is 0 Å². The second kappa shape index (κ2) is 4.59. The summed E-state index contributed by atoms with van der Waals surface area (Å²) in [4.78, 5) is 6.54. The number of nitrogens with one attached hydrogen (secondary N) is 1. The highest BCUT2D eigenvalue weighted by Gasteiger charge is 2.15. The van der Waals surface area contributed by atoms with E-state index in [1.165, 1.54) is 5.56 Å². The second-order valence-electron chi connectivity index (χ2n) is 4.18. The van der Waals surface area contributed by atoms with E-state index in [4.69, 9.17) is 5.73 Å². The molecule has 1 saturated heterocycles. The van der Waals surface area contributed by atoms with Gasteiger partial charge in [0.1, 0.15) is 5.82 Å². The van der Waals surface area contributed by atoms with E-state index in [9.17, 15) is 0 Å². The van der Waals surface area contributed by atoms with E-state index in [1.807, 2.05) is 12.3 Å². The predicted octanol–water partition coefficient (Wildman–Crippen LogP) is 0.457. The smallest absolute Gasteiger partial charge is 0.123 e. The van der Waals surface area contributed by atoms with Crippen LogP contribution in [0.15, 0.2) is 18.3 Å². The fourth-order valence-electron chi connectivity index (χ4n) is 1.94. The molecule has 82 valence electrons. The molecule has 0 spiro atoms. The Bertz CT molecular complexity index is 309. The molecule has 0 radical (unpaired) electrons. The number of nitrogens with zero attached hydrogens (tertiary/aromatic N) is 2. The highest BCUT2D eigenvalue weighted by molar-refractivity contribution is 5.29. The number of nitrogen functional groups attached to an aromatic ring is 1. The molecule has 0 aliphatic carbocycles. The molecule has 2 heterocycles. The van der Waals surface area contributed by atoms with Gasteiger partial charge in [0.15, 0.2) is 0 Å². The Morgan fingerprint density at radius 3 is 3.13 bits per heavy atom. The number of anilines is 1. The van der Waals surface area contributed by atoms with Crippen LogP contribution in [0.2, 0.25) is 0 Å². The van der Waals surface area contributed by atoms with Crippen molar-refractivity contribution in [2.24, 2.45) is 0 Å². The third-order valence-electron chi connectivity index (χ3n) is 2.71. The minimum Gasteiger partial charge on any atom is -0.384 e. The van der Waals surface area contributed by atoms with Crippen molar-refractivity contribution in [3.63, 3.8) is 0 Å². The van der Waals surface area contributed by atoms with Gasteiger partial charge in [-0.1, -0.05) is 6.07 Å². The molecule has 1 atom stereocenters. The lowest BCUT2D eigenvalue weighted by Gasteiger charge is -2.31. The largest absolute Gasteiger partial charge is 0.384 e. The summed E-state index contributed by atoms with van der Waals surface area (Å²) in [6.45, 7) is 6.47. The Morgan fingerprint density at radius 1 is 1.60 bits per heavy atom. The van der Waals surface area contributed by atoms with E-state index < -0.39 is 0 Å². The second-order valence-corrected chi connectivity index (χ2v) is 4.18. The van der Waals surface area contributed by atoms with E-state index in [1.54, 1.807) is 0 Å². The summed E-state index contributed by atoms with van der Waals surface area (Å²) in [5.41, 5.74) is 6.78. The first-order valence-corrected chi connectivity index (χ1v) is 5.40. The normalized spacial score (nSPS) is 22.9. The van der Waals surface area contributed by atoms with Crippen molar-refractivity contribution in [2.75, 3.05) is 25.4 Å². The average Bonchev–Trinajstić information content (AvgIpc) is 2.22. The van der Waals surface area contributed by atoms with E-state index in [-0.39, 0.29) is 0 Å². The molecule has 0 saturated carbocycles. The van der Waals surface area contributed by atoms with E-state index in [0.29, 0.717) is 11.9 Å². The fraction of sp³-hybridized carbons (Fsp3) is 0.545. The van der Waals surface area contributed by atoms with Crippen LogP contribution in [0.5, 0.6) is 0 Å². The SMILES string of the molecule is C[C@H]1CN(Cc2ccc(N)nc2)CCN1. The van der Waals surface area contributed by atoms with Crippen molar-refractivity contribution < 1.29 is 0 Å². The fourth-order valence-corrected chi connectivity index (χ4v) is 1.94. The summed E-state index contributed by atoms with van der Waals surface area (Å²) < 4.78 is 0. The Labute approximate surface area is 90.5 Å². The molecule has 0 aromatic carbocycles. The number of hydrogen-bond acceptors (Lipinski definition) is 4. The molecule has 0 unspecified atom stereocenters. The minimum absolute atomic E-state index is 0.584. The molecule has 3 N–H and O–H groups in total. The van der Waals surface area contributed by atoms with Gasteiger partial charge < -0.3 is 11.1 Å². The van der Waals surface area contributed by atoms with Gasteiger partial charge in [0.25, 0.3) is 0 Å². The number of nitrogens with two attached hydrogens (primary N) is 1. The lowest BCUT2D eigenvalue weighted by molar-refractivity contribution is 0.199. The van der Waals surface area contributed by atoms with Crippen LogP contribution < -0.4 is 11.1 Å². The number of rotatable bonds is 2. The van der Waals surface area contributed by atoms with Crippen molar-refractivity contribution in [3.8, 4) is 0 Å². The van der Waals surface area contributed by atoms with Crippen LogP contribution in [0, 0.1) is 0 Å². The number of aromatic nitrogens is 1. The van der Waals surface area contributed by atoms with Gasteiger partial charge in [0.2, 0.25) is 0 Å². The zero-order valence-corrected chi connectivity index (χ0v) is 9.11. The average molecular weight is 206 g/mol. The molecule has 4 nitrogen and oxygen atoms in total. The Kier molecular flexibility index (Phi) is 3.18. The van der Waals surface area contributed by atoms with Crippen LogP contribution in [-0.4, -0.2) is 35.6 Å². The number of pyridine rings is 1. The molecular formula is C11H18N4. The summed E-state index contributed by atoms with van der Waals surface area (Å²) >= 11 is 0. The van der Waals surface area contributed by atoms with Crippen molar-refractivity contribution in [3.05, 3.63) is 23.9 Å². The quantitative estimate of drug-likeness (QED) is 0.738. The van der Waals surface area contributed by atoms with Gasteiger partial charge in [-0.2, -0.15) is 0 Å². The van der Waals surface area contributed by atoms with Crippen LogP contribution in [0.3, 0.4) is 0 Å². The Balaban J connectivity index is 1.93. The third-order valence-corrected chi connectivity index (χ3v) is 2.71. The van der Waals surface area contributed by atoms with Gasteiger partial charge >= 0.3 is 0 Å². The summed E-state index contributed by atoms with van der Waals surface area (Å²) in [6.07, 6.45) is 1.86. The summed E-state index contributed by atoms with van der Waals surface area (Å²) in [7, 11) is 0. The first-order valence-electron chi connectivity index (χ1n) is 5.40. The predicted molar refractivity (Wildman–Crippen MR) is 61.4 cm³/mol. The van der Waals surface area contributed by atoms with E-state index in [2.05, 4.69) is 28.2 Å². The lowest BCUT2D eigenvalue weighted by Crippen LogP contribution is -2.48. The molecule has 1 aliphatic rings. The molecule has 4 heteroatoms. The third kappa shape index (κ3) is 2.91. The maximum atomic E-state index is 5.55. The van der Waals surface area contributed by atoms with Crippen LogP contribution >= 0.6 is 0 Å². The van der Waals surface area contributed by atoms with Crippen LogP contribution in [0.4, 0.5) is 5.82 Å². The summed E-state index contributed by atoms with van der Waals surface area (Å²) in [6, 6.07) is 4.50. The van der Waals surface area contributed by atoms with Crippen molar-refractivity contribution in [2.45, 2.75) is 19.5 Å². The molecular weight excluding hydrogens is 188 g/mol.